The van der Waals surface area contributed by atoms with Gasteiger partial charge in [0.2, 0.25) is 5.91 Å². The molecule has 1 heterocycles. The Morgan fingerprint density at radius 2 is 1.84 bits per heavy atom. The number of hydrogen-bond acceptors (Lipinski definition) is 4. The first-order valence-electron chi connectivity index (χ1n) is 8.59. The van der Waals surface area contributed by atoms with Gasteiger partial charge < -0.3 is 11.1 Å². The Kier molecular flexibility index (Phi) is 4.90. The highest BCUT2D eigenvalue weighted by molar-refractivity contribution is 7.13. The molecule has 0 bridgehead atoms. The van der Waals surface area contributed by atoms with E-state index in [9.17, 15) is 9.59 Å². The van der Waals surface area contributed by atoms with Crippen LogP contribution < -0.4 is 11.1 Å². The van der Waals surface area contributed by atoms with E-state index in [1.807, 2.05) is 12.1 Å². The fourth-order valence-electron chi connectivity index (χ4n) is 3.21. The largest absolute Gasteiger partial charge is 0.368 e. The van der Waals surface area contributed by atoms with Gasteiger partial charge in [0.15, 0.2) is 0 Å². The molecule has 3 N–H and O–H groups in total. The molecule has 25 heavy (non-hydrogen) atoms. The summed E-state index contributed by atoms with van der Waals surface area (Å²) in [6.07, 6.45) is 2.99. The third-order valence-electron chi connectivity index (χ3n) is 4.84. The topological polar surface area (TPSA) is 85.1 Å². The molecular weight excluding hydrogens is 334 g/mol. The van der Waals surface area contributed by atoms with E-state index in [0.29, 0.717) is 24.5 Å². The van der Waals surface area contributed by atoms with Crippen molar-refractivity contribution in [3.05, 3.63) is 40.9 Å². The Bertz CT molecular complexity index is 774. The number of rotatable bonds is 5. The zero-order valence-corrected chi connectivity index (χ0v) is 15.4. The number of carbonyl (C=O) groups is 2. The molecule has 3 rings (SSSR count). The molecule has 0 aliphatic heterocycles. The number of nitrogens with one attached hydrogen (secondary N) is 1. The van der Waals surface area contributed by atoms with E-state index in [2.05, 4.69) is 36.3 Å². The zero-order chi connectivity index (χ0) is 18.0. The van der Waals surface area contributed by atoms with Crippen LogP contribution in [0.3, 0.4) is 0 Å². The van der Waals surface area contributed by atoms with Gasteiger partial charge in [-0.1, -0.05) is 51.0 Å². The summed E-state index contributed by atoms with van der Waals surface area (Å²) >= 11 is 1.42. The monoisotopic (exact) mass is 357 g/mol. The molecule has 2 aromatic rings. The maximum atomic E-state index is 12.5. The lowest BCUT2D eigenvalue weighted by Gasteiger charge is -2.26. The third-order valence-corrected chi connectivity index (χ3v) is 5.73. The Hall–Kier alpha value is -2.21. The number of thiazole rings is 1. The number of carbonyl (C=O) groups excluding carboxylic acids is 2. The summed E-state index contributed by atoms with van der Waals surface area (Å²) in [5.74, 6) is -0.317. The van der Waals surface area contributed by atoms with Crippen LogP contribution >= 0.6 is 11.3 Å². The molecule has 1 aromatic carbocycles. The van der Waals surface area contributed by atoms with Gasteiger partial charge in [-0.3, -0.25) is 9.59 Å². The van der Waals surface area contributed by atoms with Gasteiger partial charge in [-0.25, -0.2) is 4.98 Å². The summed E-state index contributed by atoms with van der Waals surface area (Å²) in [6.45, 7) is 4.30. The van der Waals surface area contributed by atoms with E-state index in [1.54, 1.807) is 5.38 Å². The second-order valence-corrected chi connectivity index (χ2v) is 7.78. The Labute approximate surface area is 151 Å². The first kappa shape index (κ1) is 17.6. The smallest absolute Gasteiger partial charge is 0.271 e. The standard InChI is InChI=1S/C19H23N3O2S/c1-12(2)13-5-7-14(8-6-13)17-21-15(11-25-17)16(23)22-19(18(20)24)9-3-4-10-19/h5-8,11-12H,3-4,9-10H2,1-2H3,(H2,20,24)(H,22,23). The molecule has 1 aromatic heterocycles. The maximum Gasteiger partial charge on any atom is 0.271 e. The zero-order valence-electron chi connectivity index (χ0n) is 14.5. The van der Waals surface area contributed by atoms with Gasteiger partial charge >= 0.3 is 0 Å². The Morgan fingerprint density at radius 1 is 1.20 bits per heavy atom. The normalized spacial score (nSPS) is 16.1. The average Bonchev–Trinajstić information content (AvgIpc) is 3.25. The molecule has 0 atom stereocenters. The van der Waals surface area contributed by atoms with Crippen LogP contribution in [0.2, 0.25) is 0 Å². The molecule has 0 spiro atoms. The highest BCUT2D eigenvalue weighted by Crippen LogP contribution is 2.30. The summed E-state index contributed by atoms with van der Waals surface area (Å²) in [6, 6.07) is 8.22. The second kappa shape index (κ2) is 6.96. The predicted molar refractivity (Wildman–Crippen MR) is 99.5 cm³/mol. The average molecular weight is 357 g/mol. The van der Waals surface area contributed by atoms with E-state index in [1.165, 1.54) is 16.9 Å². The Balaban J connectivity index is 1.76. The molecule has 132 valence electrons. The third kappa shape index (κ3) is 3.58. The van der Waals surface area contributed by atoms with Crippen molar-refractivity contribution in [2.24, 2.45) is 5.73 Å². The molecular formula is C19H23N3O2S. The van der Waals surface area contributed by atoms with Crippen molar-refractivity contribution in [2.75, 3.05) is 0 Å². The van der Waals surface area contributed by atoms with Crippen molar-refractivity contribution in [3.63, 3.8) is 0 Å². The van der Waals surface area contributed by atoms with Crippen LogP contribution in [0.4, 0.5) is 0 Å². The number of aromatic nitrogens is 1. The first-order valence-corrected chi connectivity index (χ1v) is 9.47. The number of hydrogen-bond donors (Lipinski definition) is 2. The molecule has 0 radical (unpaired) electrons. The molecule has 1 saturated carbocycles. The molecule has 0 saturated heterocycles. The molecule has 2 amide bonds. The summed E-state index contributed by atoms with van der Waals surface area (Å²) in [5.41, 5.74) is 7.19. The minimum Gasteiger partial charge on any atom is -0.368 e. The van der Waals surface area contributed by atoms with Crippen LogP contribution in [0, 0.1) is 0 Å². The summed E-state index contributed by atoms with van der Waals surface area (Å²) in [7, 11) is 0. The quantitative estimate of drug-likeness (QED) is 0.859. The Morgan fingerprint density at radius 3 is 2.40 bits per heavy atom. The van der Waals surface area contributed by atoms with Crippen molar-refractivity contribution < 1.29 is 9.59 Å². The summed E-state index contributed by atoms with van der Waals surface area (Å²) in [5, 5.41) is 5.35. The van der Waals surface area contributed by atoms with E-state index in [0.717, 1.165) is 23.4 Å². The second-order valence-electron chi connectivity index (χ2n) is 6.92. The van der Waals surface area contributed by atoms with E-state index >= 15 is 0 Å². The fraction of sp³-hybridized carbons (Fsp3) is 0.421. The minimum atomic E-state index is -0.917. The minimum absolute atomic E-state index is 0.331. The van der Waals surface area contributed by atoms with Crippen LogP contribution in [0.5, 0.6) is 0 Å². The summed E-state index contributed by atoms with van der Waals surface area (Å²) < 4.78 is 0. The first-order chi connectivity index (χ1) is 11.9. The van der Waals surface area contributed by atoms with E-state index < -0.39 is 11.4 Å². The van der Waals surface area contributed by atoms with Crippen molar-refractivity contribution in [1.82, 2.24) is 10.3 Å². The van der Waals surface area contributed by atoms with Gasteiger partial charge in [0.25, 0.3) is 5.91 Å². The van der Waals surface area contributed by atoms with Crippen LogP contribution in [0.15, 0.2) is 29.6 Å². The van der Waals surface area contributed by atoms with Gasteiger partial charge in [0.05, 0.1) is 0 Å². The summed E-state index contributed by atoms with van der Waals surface area (Å²) in [4.78, 5) is 28.8. The maximum absolute atomic E-state index is 12.5. The fourth-order valence-corrected chi connectivity index (χ4v) is 4.02. The molecule has 1 fully saturated rings. The molecule has 1 aliphatic rings. The SMILES string of the molecule is CC(C)c1ccc(-c2nc(C(=O)NC3(C(N)=O)CCCC3)cs2)cc1. The lowest BCUT2D eigenvalue weighted by Crippen LogP contribution is -2.55. The highest BCUT2D eigenvalue weighted by Gasteiger charge is 2.41. The number of amides is 2. The van der Waals surface area contributed by atoms with Gasteiger partial charge in [-0.15, -0.1) is 11.3 Å². The number of nitrogens with zero attached hydrogens (tertiary/aromatic N) is 1. The van der Waals surface area contributed by atoms with Crippen molar-refractivity contribution in [3.8, 4) is 10.6 Å². The molecule has 6 heteroatoms. The van der Waals surface area contributed by atoms with Crippen molar-refractivity contribution in [2.45, 2.75) is 51.0 Å². The molecule has 0 unspecified atom stereocenters. The van der Waals surface area contributed by atoms with E-state index in [-0.39, 0.29) is 5.91 Å². The van der Waals surface area contributed by atoms with Gasteiger partial charge in [-0.05, 0) is 24.3 Å². The highest BCUT2D eigenvalue weighted by atomic mass is 32.1. The van der Waals surface area contributed by atoms with Gasteiger partial charge in [0, 0.05) is 10.9 Å². The van der Waals surface area contributed by atoms with Crippen molar-refractivity contribution >= 4 is 23.2 Å². The molecule has 5 nitrogen and oxygen atoms in total. The number of nitrogens with two attached hydrogens (primary N) is 1. The molecule has 1 aliphatic carbocycles. The lowest BCUT2D eigenvalue weighted by atomic mass is 9.96. The predicted octanol–water partition coefficient (Wildman–Crippen LogP) is 3.46. The van der Waals surface area contributed by atoms with Gasteiger partial charge in [-0.2, -0.15) is 0 Å². The van der Waals surface area contributed by atoms with Crippen LogP contribution in [-0.4, -0.2) is 22.3 Å². The van der Waals surface area contributed by atoms with E-state index in [4.69, 9.17) is 5.73 Å². The number of primary amides is 1. The van der Waals surface area contributed by atoms with Gasteiger partial charge in [0.1, 0.15) is 16.2 Å². The van der Waals surface area contributed by atoms with Crippen LogP contribution in [0.25, 0.3) is 10.6 Å². The van der Waals surface area contributed by atoms with Crippen LogP contribution in [-0.2, 0) is 4.79 Å². The lowest BCUT2D eigenvalue weighted by molar-refractivity contribution is -0.123. The van der Waals surface area contributed by atoms with Crippen LogP contribution in [0.1, 0.15) is 61.5 Å². The number of benzene rings is 1. The van der Waals surface area contributed by atoms with Crippen molar-refractivity contribution in [1.29, 1.82) is 0 Å².